The minimum Gasteiger partial charge on any atom is -0.303 e. The lowest BCUT2D eigenvalue weighted by molar-refractivity contribution is -0.593. The third kappa shape index (κ3) is 0.724. The second-order valence-corrected chi connectivity index (χ2v) is 16.1. The molecule has 24 heavy (non-hydrogen) atoms. The van der Waals surface area contributed by atoms with Gasteiger partial charge in [0.15, 0.2) is 0 Å². The molecule has 0 radical (unpaired) electrons. The average Bonchev–Trinajstić information content (AvgIpc) is 2.62. The fourth-order valence-corrected chi connectivity index (χ4v) is 17.9. The second-order valence-electron chi connectivity index (χ2n) is 10.8. The van der Waals surface area contributed by atoms with Crippen LogP contribution in [0.15, 0.2) is 0 Å². The molecule has 0 aromatic heterocycles. The lowest BCUT2D eigenvalue weighted by Gasteiger charge is -3.10. The average molecular weight is 582 g/mol. The van der Waals surface area contributed by atoms with Crippen LogP contribution in [0.5, 0.6) is 0 Å². The monoisotopic (exact) mass is 582 g/mol. The largest absolute Gasteiger partial charge is 0.303 e. The van der Waals surface area contributed by atoms with Crippen LogP contribution in [0.3, 0.4) is 0 Å². The Bertz CT molecular complexity index is 642. The van der Waals surface area contributed by atoms with Crippen molar-refractivity contribution in [2.45, 2.75) is 6.84 Å². The van der Waals surface area contributed by atoms with Crippen LogP contribution in [0.25, 0.3) is 0 Å². The topological polar surface area (TPSA) is 18.5 Å². The zero-order chi connectivity index (χ0) is 15.2. The molecule has 0 aliphatic heterocycles. The van der Waals surface area contributed by atoms with Crippen LogP contribution in [0, 0.1) is 81.8 Å². The van der Waals surface area contributed by atoms with E-state index in [4.69, 9.17) is 8.37 Å². The Morgan fingerprint density at radius 1 is 0.542 bits per heavy atom. The van der Waals surface area contributed by atoms with Gasteiger partial charge >= 0.3 is 0 Å². The van der Waals surface area contributed by atoms with Crippen molar-refractivity contribution in [3.63, 3.8) is 0 Å². The summed E-state index contributed by atoms with van der Waals surface area (Å²) in [5.74, 6) is 13.2. The van der Waals surface area contributed by atoms with E-state index in [9.17, 15) is 0 Å². The summed E-state index contributed by atoms with van der Waals surface area (Å²) >= 11 is 8.68. The van der Waals surface area contributed by atoms with E-state index in [0.717, 1.165) is 91.1 Å². The lowest BCUT2D eigenvalue weighted by atomic mass is 8.96. The van der Waals surface area contributed by atoms with Gasteiger partial charge in [-0.25, -0.2) is 0 Å². The molecule has 12 fully saturated rings. The zero-order valence-electron chi connectivity index (χ0n) is 12.7. The Hall–Kier alpha value is 2.08. The molecular formula is C18H16I2O2S2. The molecule has 0 unspecified atom stereocenters. The van der Waals surface area contributed by atoms with Gasteiger partial charge in [-0.15, -0.1) is 0 Å². The Morgan fingerprint density at radius 3 is 1.12 bits per heavy atom. The van der Waals surface area contributed by atoms with Crippen molar-refractivity contribution in [2.24, 2.45) is 81.8 Å². The van der Waals surface area contributed by atoms with E-state index in [-0.39, 0.29) is 0 Å². The highest BCUT2D eigenvalue weighted by molar-refractivity contribution is 14.1. The molecule has 12 aliphatic rings. The van der Waals surface area contributed by atoms with Crippen molar-refractivity contribution < 1.29 is 8.37 Å². The molecule has 0 saturated heterocycles. The van der Waals surface area contributed by atoms with Crippen molar-refractivity contribution in [3.8, 4) is 0 Å². The van der Waals surface area contributed by atoms with Crippen molar-refractivity contribution in [2.75, 3.05) is 13.2 Å². The first-order valence-corrected chi connectivity index (χ1v) is 13.8. The van der Waals surface area contributed by atoms with Crippen molar-refractivity contribution in [1.82, 2.24) is 0 Å². The molecule has 0 aromatic rings. The number of alkyl halides is 2. The first-order valence-electron chi connectivity index (χ1n) is 9.63. The molecule has 126 valence electrons. The van der Waals surface area contributed by atoms with Crippen molar-refractivity contribution in [1.29, 1.82) is 0 Å². The minimum absolute atomic E-state index is 0.673. The zero-order valence-corrected chi connectivity index (χ0v) is 18.7. The fourth-order valence-electron chi connectivity index (χ4n) is 12.1. The van der Waals surface area contributed by atoms with E-state index in [0.29, 0.717) is 10.8 Å². The Morgan fingerprint density at radius 2 is 0.833 bits per heavy atom. The molecule has 0 aromatic carbocycles. The normalized spacial score (nSPS) is 89.2. The molecule has 0 N–H and O–H groups in total. The van der Waals surface area contributed by atoms with Crippen LogP contribution in [0.4, 0.5) is 0 Å². The number of rotatable bonds is 7. The van der Waals surface area contributed by atoms with Gasteiger partial charge in [0.2, 0.25) is 0 Å². The summed E-state index contributed by atoms with van der Waals surface area (Å²) in [4.78, 5) is 0. The third-order valence-corrected chi connectivity index (χ3v) is 17.7. The maximum absolute atomic E-state index is 6.03. The van der Waals surface area contributed by atoms with E-state index < -0.39 is 0 Å². The maximum atomic E-state index is 6.03. The van der Waals surface area contributed by atoms with E-state index in [1.807, 2.05) is 0 Å². The SMILES string of the molecule is IC12C3C4C1C1C2C3C41COSSOCC12C3C4C1C1C2C3C41I. The molecule has 6 heteroatoms. The summed E-state index contributed by atoms with van der Waals surface area (Å²) in [6, 6.07) is 0. The van der Waals surface area contributed by atoms with Gasteiger partial charge in [0.25, 0.3) is 0 Å². The Kier molecular flexibility index (Phi) is 1.74. The van der Waals surface area contributed by atoms with Gasteiger partial charge in [-0.1, -0.05) is 45.2 Å². The van der Waals surface area contributed by atoms with E-state index in [2.05, 4.69) is 45.2 Å². The predicted molar refractivity (Wildman–Crippen MR) is 107 cm³/mol. The molecule has 12 rings (SSSR count). The fraction of sp³-hybridized carbons (Fsp3) is 1.00. The molecule has 12 aliphatic carbocycles. The molecule has 12 saturated carbocycles. The Labute approximate surface area is 176 Å². The predicted octanol–water partition coefficient (Wildman–Crippen LogP) is 4.08. The minimum atomic E-state index is 0.673. The number of halogens is 2. The van der Waals surface area contributed by atoms with Gasteiger partial charge in [-0.3, -0.25) is 0 Å². The van der Waals surface area contributed by atoms with E-state index in [1.54, 1.807) is 0 Å². The van der Waals surface area contributed by atoms with Crippen LogP contribution in [-0.4, -0.2) is 20.1 Å². The molecular weight excluding hydrogens is 566 g/mol. The Balaban J connectivity index is 0.759. The van der Waals surface area contributed by atoms with Gasteiger partial charge in [0.05, 0.1) is 35.4 Å². The van der Waals surface area contributed by atoms with Gasteiger partial charge in [0.1, 0.15) is 0 Å². The summed E-state index contributed by atoms with van der Waals surface area (Å²) in [6.45, 7) is 2.04. The van der Waals surface area contributed by atoms with Crippen LogP contribution in [-0.2, 0) is 8.37 Å². The highest BCUT2D eigenvalue weighted by atomic mass is 127. The smallest absolute Gasteiger partial charge is 0.0925 e. The third-order valence-electron chi connectivity index (χ3n) is 12.2. The molecule has 0 bridgehead atoms. The molecule has 0 atom stereocenters. The summed E-state index contributed by atoms with van der Waals surface area (Å²) in [7, 11) is 0. The van der Waals surface area contributed by atoms with Gasteiger partial charge in [-0.2, -0.15) is 0 Å². The van der Waals surface area contributed by atoms with Crippen molar-refractivity contribution in [3.05, 3.63) is 0 Å². The van der Waals surface area contributed by atoms with E-state index in [1.165, 1.54) is 22.1 Å². The first kappa shape index (κ1) is 13.3. The molecule has 0 heterocycles. The summed E-state index contributed by atoms with van der Waals surface area (Å²) < 4.78 is 13.7. The van der Waals surface area contributed by atoms with E-state index >= 15 is 0 Å². The number of hydrogen-bond acceptors (Lipinski definition) is 4. The van der Waals surface area contributed by atoms with Crippen LogP contribution in [0.2, 0.25) is 0 Å². The summed E-state index contributed by atoms with van der Waals surface area (Å²) in [6.07, 6.45) is 0. The maximum Gasteiger partial charge on any atom is 0.0925 e. The molecule has 2 nitrogen and oxygen atoms in total. The van der Waals surface area contributed by atoms with Gasteiger partial charge in [0, 0.05) is 17.7 Å². The summed E-state index contributed by atoms with van der Waals surface area (Å²) in [5.41, 5.74) is 1.35. The van der Waals surface area contributed by atoms with Crippen LogP contribution in [0.1, 0.15) is 0 Å². The lowest BCUT2D eigenvalue weighted by Crippen LogP contribution is -3.11. The highest BCUT2D eigenvalue weighted by Crippen LogP contribution is 3.10. The standard InChI is InChI=1S/C18H16I2O2S2/c19-17-9-3-10(17)5-11(17)4(9)15(3,5)1-21-23-24-22-2-16-6-12-7(16)14-8(16)13(6)18(12,14)20/h3-14H,1-2H2. The quantitative estimate of drug-likeness (QED) is 0.148. The van der Waals surface area contributed by atoms with Gasteiger partial charge in [-0.05, 0) is 71.0 Å². The van der Waals surface area contributed by atoms with Crippen molar-refractivity contribution >= 4 is 67.3 Å². The van der Waals surface area contributed by atoms with Crippen LogP contribution < -0.4 is 0 Å². The van der Waals surface area contributed by atoms with Gasteiger partial charge < -0.3 is 8.37 Å². The summed E-state index contributed by atoms with van der Waals surface area (Å²) in [5, 5.41) is 0. The second kappa shape index (κ2) is 3.14. The number of hydrogen-bond donors (Lipinski definition) is 0. The van der Waals surface area contributed by atoms with Crippen LogP contribution >= 0.6 is 67.3 Å². The highest BCUT2D eigenvalue weighted by Gasteiger charge is 3.10. The molecule has 0 spiro atoms. The molecule has 0 amide bonds. The first-order chi connectivity index (χ1) is 11.7.